The molecule has 8 rings (SSSR count). The fraction of sp³-hybridized carbons (Fsp3) is 0.298. The number of pyridine rings is 3. The van der Waals surface area contributed by atoms with E-state index in [-0.39, 0.29) is 75.7 Å². The number of rotatable bonds is 26. The molecule has 80 heavy (non-hydrogen) atoms. The number of hydrogen-bond acceptors (Lipinski definition) is 14. The Bertz CT molecular complexity index is 3340. The summed E-state index contributed by atoms with van der Waals surface area (Å²) < 4.78 is 13.7. The summed E-state index contributed by atoms with van der Waals surface area (Å²) in [6, 6.07) is 24.2. The van der Waals surface area contributed by atoms with E-state index < -0.39 is 36.0 Å². The molecule has 7 aromatic rings. The van der Waals surface area contributed by atoms with Gasteiger partial charge in [0.1, 0.15) is 48.0 Å². The number of fused-ring (bicyclic) bond motifs is 1. The van der Waals surface area contributed by atoms with Crippen molar-refractivity contribution in [3.8, 4) is 34.1 Å². The number of aromatic amines is 1. The fourth-order valence-electron chi connectivity index (χ4n) is 8.73. The Morgan fingerprint density at radius 3 is 2.35 bits per heavy atom. The highest BCUT2D eigenvalue weighted by Gasteiger charge is 2.30. The number of primary amides is 1. The number of nitrogens with one attached hydrogen (secondary N) is 5. The van der Waals surface area contributed by atoms with E-state index in [1.165, 1.54) is 23.4 Å². The van der Waals surface area contributed by atoms with Crippen molar-refractivity contribution in [1.29, 1.82) is 0 Å². The van der Waals surface area contributed by atoms with E-state index in [0.717, 1.165) is 21.7 Å². The number of benzene rings is 2. The minimum absolute atomic E-state index is 0.00439. The number of carbonyl (C=O) groups is 7. The predicted molar refractivity (Wildman–Crippen MR) is 294 cm³/mol. The summed E-state index contributed by atoms with van der Waals surface area (Å²) >= 11 is 0. The van der Waals surface area contributed by atoms with Crippen LogP contribution in [0.4, 0.5) is 15.3 Å². The first-order valence-electron chi connectivity index (χ1n) is 26.1. The molecule has 1 aliphatic rings. The summed E-state index contributed by atoms with van der Waals surface area (Å²) in [5.74, 6) is -1.03. The van der Waals surface area contributed by atoms with E-state index >= 15 is 0 Å². The molecule has 2 unspecified atom stereocenters. The second kappa shape index (κ2) is 27.0. The number of hydrogen-bond donors (Lipinski definition) is 6. The van der Waals surface area contributed by atoms with Crippen molar-refractivity contribution < 1.29 is 43.0 Å². The van der Waals surface area contributed by atoms with Gasteiger partial charge in [-0.1, -0.05) is 50.6 Å². The minimum atomic E-state index is -1.08. The van der Waals surface area contributed by atoms with Gasteiger partial charge in [-0.3, -0.25) is 43.7 Å². The highest BCUT2D eigenvalue weighted by molar-refractivity contribution is 6.12. The fourth-order valence-corrected chi connectivity index (χ4v) is 8.73. The van der Waals surface area contributed by atoms with Crippen molar-refractivity contribution in [3.63, 3.8) is 0 Å². The van der Waals surface area contributed by atoms with E-state index in [0.29, 0.717) is 70.6 Å². The normalized spacial score (nSPS) is 12.8. The van der Waals surface area contributed by atoms with Gasteiger partial charge in [-0.25, -0.2) is 24.1 Å². The first-order valence-corrected chi connectivity index (χ1v) is 26.1. The van der Waals surface area contributed by atoms with Crippen LogP contribution in [-0.4, -0.2) is 111 Å². The molecule has 0 saturated carbocycles. The zero-order chi connectivity index (χ0) is 56.5. The topological polar surface area (TPSA) is 303 Å². The molecule has 23 heteroatoms. The molecule has 5 aromatic heterocycles. The van der Waals surface area contributed by atoms with Crippen LogP contribution in [0.5, 0.6) is 11.5 Å². The molecule has 7 N–H and O–H groups in total. The van der Waals surface area contributed by atoms with Gasteiger partial charge in [0.05, 0.1) is 24.1 Å². The number of ether oxygens (including phenoxy) is 2. The van der Waals surface area contributed by atoms with E-state index in [1.807, 2.05) is 61.7 Å². The van der Waals surface area contributed by atoms with Crippen LogP contribution in [-0.2, 0) is 48.4 Å². The summed E-state index contributed by atoms with van der Waals surface area (Å²) in [6.07, 6.45) is 10.4. The summed E-state index contributed by atoms with van der Waals surface area (Å²) in [6.45, 7) is 5.78. The number of carbonyl (C=O) groups excluding carboxylic acids is 7. The second-order valence-electron chi connectivity index (χ2n) is 19.3. The Labute approximate surface area is 460 Å². The lowest BCUT2D eigenvalue weighted by atomic mass is 10.0. The number of anilines is 1. The molecule has 1 aliphatic heterocycles. The molecule has 6 heterocycles. The van der Waals surface area contributed by atoms with Gasteiger partial charge in [-0.15, -0.1) is 0 Å². The van der Waals surface area contributed by atoms with Crippen molar-refractivity contribution in [3.05, 3.63) is 151 Å². The van der Waals surface area contributed by atoms with Gasteiger partial charge in [-0.2, -0.15) is 5.10 Å². The molecule has 2 aromatic carbocycles. The van der Waals surface area contributed by atoms with Crippen LogP contribution in [0.2, 0.25) is 0 Å². The minimum Gasteiger partial charge on any atom is -0.456 e. The van der Waals surface area contributed by atoms with Crippen LogP contribution in [0.25, 0.3) is 28.3 Å². The molecule has 0 aliphatic carbocycles. The molecule has 23 nitrogen and oxygen atoms in total. The zero-order valence-corrected chi connectivity index (χ0v) is 44.5. The lowest BCUT2D eigenvalue weighted by Gasteiger charge is -2.25. The largest absolute Gasteiger partial charge is 0.456 e. The smallest absolute Gasteiger partial charge is 0.410 e. The number of unbranched alkanes of at least 4 members (excludes halogenated alkanes) is 2. The third-order valence-corrected chi connectivity index (χ3v) is 12.8. The van der Waals surface area contributed by atoms with Crippen LogP contribution in [0.3, 0.4) is 0 Å². The molecule has 2 atom stereocenters. The maximum absolute atomic E-state index is 14.3. The lowest BCUT2D eigenvalue weighted by Crippen LogP contribution is -2.54. The van der Waals surface area contributed by atoms with E-state index in [9.17, 15) is 33.6 Å². The standard InChI is InChI=1S/C57H62N14O9/c1-36(2)51(68-48(72)17-5-4-6-28-70-49(73)24-25-50(70)74)55(76)65-45(16-10-27-60-56(58)77)54(75)64-41-21-18-38(19-22-41)34-79-57(78)69(31-39-12-8-13-42(29-39)80-43-14-9-26-59-30-43)33-46-66-52(40-20-23-47-61-35-62-71(47)32-40)53(67-46)44-15-7-11-37(3)63-44/h7-9,11-15,18-26,29-30,32,35-36,45,51H,4-6,10,16-17,27-28,31,33-34H2,1-3H3,(H,64,75)(H,65,76)(H,66,67)(H,68,72)(H3,58,60,77). The molecular formula is C57H62N14O9. The molecule has 0 radical (unpaired) electrons. The first kappa shape index (κ1) is 56.4. The number of urea groups is 1. The van der Waals surface area contributed by atoms with Crippen molar-refractivity contribution in [2.45, 2.75) is 91.1 Å². The Hall–Kier alpha value is -9.80. The second-order valence-corrected chi connectivity index (χ2v) is 19.3. The van der Waals surface area contributed by atoms with Gasteiger partial charge in [0.25, 0.3) is 11.8 Å². The van der Waals surface area contributed by atoms with Gasteiger partial charge in [0, 0.05) is 67.5 Å². The van der Waals surface area contributed by atoms with Crippen molar-refractivity contribution in [1.82, 2.24) is 60.3 Å². The van der Waals surface area contributed by atoms with Crippen molar-refractivity contribution in [2.24, 2.45) is 11.7 Å². The van der Waals surface area contributed by atoms with Crippen LogP contribution >= 0.6 is 0 Å². The molecule has 0 saturated heterocycles. The molecular weight excluding hydrogens is 1020 g/mol. The maximum Gasteiger partial charge on any atom is 0.410 e. The number of nitrogens with zero attached hydrogens (tertiary/aromatic N) is 8. The summed E-state index contributed by atoms with van der Waals surface area (Å²) in [4.78, 5) is 114. The first-order chi connectivity index (χ1) is 38.6. The number of imidazole rings is 1. The summed E-state index contributed by atoms with van der Waals surface area (Å²) in [5, 5.41) is 15.2. The van der Waals surface area contributed by atoms with Gasteiger partial charge in [0.2, 0.25) is 17.7 Å². The maximum atomic E-state index is 14.3. The summed E-state index contributed by atoms with van der Waals surface area (Å²) in [7, 11) is 0. The molecule has 0 bridgehead atoms. The molecule has 0 fully saturated rings. The van der Waals surface area contributed by atoms with Crippen LogP contribution in [0.1, 0.15) is 75.0 Å². The Balaban J connectivity index is 0.932. The SMILES string of the molecule is Cc1cccc(-c2nc(CN(Cc3cccc(Oc4cccnc4)c3)C(=O)OCc3ccc(NC(=O)C(CCCNC(N)=O)NC(=O)C(NC(=O)CCCCCN4C(=O)C=CC4=O)C(C)C)cc3)[nH]c2-c2ccc3ncnn3c2)n1. The Morgan fingerprint density at radius 2 is 1.60 bits per heavy atom. The third-order valence-electron chi connectivity index (χ3n) is 12.8. The third kappa shape index (κ3) is 15.7. The van der Waals surface area contributed by atoms with Crippen LogP contribution < -0.4 is 31.7 Å². The summed E-state index contributed by atoms with van der Waals surface area (Å²) in [5.41, 5.74) is 11.1. The van der Waals surface area contributed by atoms with Crippen LogP contribution in [0, 0.1) is 12.8 Å². The molecule has 0 spiro atoms. The van der Waals surface area contributed by atoms with Crippen molar-refractivity contribution >= 4 is 53.0 Å². The Morgan fingerprint density at radius 1 is 0.812 bits per heavy atom. The van der Waals surface area contributed by atoms with Crippen molar-refractivity contribution in [2.75, 3.05) is 18.4 Å². The zero-order valence-electron chi connectivity index (χ0n) is 44.5. The highest BCUT2D eigenvalue weighted by Crippen LogP contribution is 2.31. The average molecular weight is 1090 g/mol. The van der Waals surface area contributed by atoms with E-state index in [1.54, 1.807) is 73.2 Å². The van der Waals surface area contributed by atoms with E-state index in [4.69, 9.17) is 25.2 Å². The average Bonchev–Trinajstić information content (AvgIpc) is 4.20. The van der Waals surface area contributed by atoms with Gasteiger partial charge < -0.3 is 41.5 Å². The number of nitrogens with two attached hydrogens (primary N) is 1. The monoisotopic (exact) mass is 1090 g/mol. The van der Waals surface area contributed by atoms with Gasteiger partial charge in [0.15, 0.2) is 5.65 Å². The highest BCUT2D eigenvalue weighted by atomic mass is 16.6. The number of H-pyrrole nitrogens is 1. The number of amides is 8. The number of aromatic nitrogens is 7. The quantitative estimate of drug-likeness (QED) is 0.0249. The predicted octanol–water partition coefficient (Wildman–Crippen LogP) is 6.51. The van der Waals surface area contributed by atoms with Gasteiger partial charge in [-0.05, 0) is 110 Å². The number of imide groups is 1. The van der Waals surface area contributed by atoms with Crippen LogP contribution in [0.15, 0.2) is 128 Å². The molecule has 8 amide bonds. The number of aryl methyl sites for hydroxylation is 1. The Kier molecular flexibility index (Phi) is 19.0. The lowest BCUT2D eigenvalue weighted by molar-refractivity contribution is -0.137. The van der Waals surface area contributed by atoms with E-state index in [2.05, 4.69) is 41.3 Å². The van der Waals surface area contributed by atoms with Gasteiger partial charge >= 0.3 is 12.1 Å². The molecule has 414 valence electrons.